The largest absolute Gasteiger partial charge is 0.494 e. The predicted octanol–water partition coefficient (Wildman–Crippen LogP) is 6.60. The summed E-state index contributed by atoms with van der Waals surface area (Å²) in [4.78, 5) is 5.88. The quantitative estimate of drug-likeness (QED) is 0.243. The van der Waals surface area contributed by atoms with Gasteiger partial charge in [0.1, 0.15) is 11.6 Å². The number of ether oxygens (including phenoxy) is 1. The van der Waals surface area contributed by atoms with Crippen molar-refractivity contribution in [3.05, 3.63) is 77.2 Å². The Kier molecular flexibility index (Phi) is 8.36. The smallest absolute Gasteiger partial charge is 0.190 e. The molecule has 0 fully saturated rings. The molecule has 0 unspecified atom stereocenters. The molecule has 6 nitrogen and oxygen atoms in total. The number of aryl methyl sites for hydroxylation is 1. The first-order chi connectivity index (χ1) is 16.8. The summed E-state index contributed by atoms with van der Waals surface area (Å²) in [5, 5.41) is 11.1. The van der Waals surface area contributed by atoms with Gasteiger partial charge in [0.15, 0.2) is 10.6 Å². The van der Waals surface area contributed by atoms with E-state index in [4.69, 9.17) is 9.73 Å². The highest BCUT2D eigenvalue weighted by molar-refractivity contribution is 8.93. The number of aromatic nitrogens is 4. The molecule has 0 atom stereocenters. The van der Waals surface area contributed by atoms with Crippen LogP contribution in [0, 0.1) is 0 Å². The van der Waals surface area contributed by atoms with Gasteiger partial charge in [-0.3, -0.25) is 0 Å². The fourth-order valence-electron chi connectivity index (χ4n) is 4.34. The number of halogens is 1. The van der Waals surface area contributed by atoms with E-state index in [2.05, 4.69) is 67.7 Å². The van der Waals surface area contributed by atoms with Crippen LogP contribution in [-0.4, -0.2) is 25.9 Å². The zero-order valence-corrected chi connectivity index (χ0v) is 22.4. The van der Waals surface area contributed by atoms with Crippen LogP contribution in [0.3, 0.4) is 0 Å². The number of hydrogen-bond acceptors (Lipinski definition) is 5. The van der Waals surface area contributed by atoms with Gasteiger partial charge in [0.05, 0.1) is 18.0 Å². The van der Waals surface area contributed by atoms with Crippen LogP contribution in [0.4, 0.5) is 5.69 Å². The van der Waals surface area contributed by atoms with Crippen LogP contribution in [0.1, 0.15) is 32.0 Å². The second-order valence-electron chi connectivity index (χ2n) is 8.32. The van der Waals surface area contributed by atoms with E-state index in [0.29, 0.717) is 13.2 Å². The first-order valence-electron chi connectivity index (χ1n) is 11.9. The van der Waals surface area contributed by atoms with Gasteiger partial charge < -0.3 is 13.9 Å². The van der Waals surface area contributed by atoms with Crippen molar-refractivity contribution in [3.63, 3.8) is 0 Å². The van der Waals surface area contributed by atoms with Crippen LogP contribution in [0.15, 0.2) is 71.6 Å². The van der Waals surface area contributed by atoms with E-state index >= 15 is 0 Å². The number of fused-ring (bicyclic) bond motifs is 1. The van der Waals surface area contributed by atoms with Crippen molar-refractivity contribution in [2.75, 3.05) is 6.61 Å². The van der Waals surface area contributed by atoms with E-state index in [1.165, 1.54) is 19.3 Å². The lowest BCUT2D eigenvalue weighted by Gasteiger charge is -2.08. The zero-order chi connectivity index (χ0) is 23.3. The van der Waals surface area contributed by atoms with Gasteiger partial charge in [0.25, 0.3) is 0 Å². The topological polar surface area (TPSA) is 57.2 Å². The van der Waals surface area contributed by atoms with Crippen molar-refractivity contribution in [1.82, 2.24) is 19.3 Å². The molecule has 0 amide bonds. The third kappa shape index (κ3) is 5.49. The first kappa shape index (κ1) is 25.1. The Morgan fingerprint density at radius 1 is 1.03 bits per heavy atom. The van der Waals surface area contributed by atoms with Gasteiger partial charge in [0, 0.05) is 30.5 Å². The molecule has 8 heteroatoms. The second kappa shape index (κ2) is 11.6. The summed E-state index contributed by atoms with van der Waals surface area (Å²) in [5.41, 5.74) is 4.25. The SMILES string of the molecule is Br.C=CCn1c(-c2ccc(OCC)cc2)csc1=Nc1ccc(-c2nnc3n2CCCCC3)cc1. The molecule has 2 aromatic carbocycles. The molecule has 2 aromatic heterocycles. The van der Waals surface area contributed by atoms with E-state index in [1.807, 2.05) is 25.1 Å². The number of hydrogen-bond donors (Lipinski definition) is 0. The van der Waals surface area contributed by atoms with Gasteiger partial charge in [-0.1, -0.05) is 12.5 Å². The van der Waals surface area contributed by atoms with E-state index in [1.54, 1.807) is 11.3 Å². The average molecular weight is 553 g/mol. The monoisotopic (exact) mass is 551 g/mol. The Morgan fingerprint density at radius 2 is 1.80 bits per heavy atom. The Hall–Kier alpha value is -2.97. The molecule has 0 saturated carbocycles. The van der Waals surface area contributed by atoms with Crippen molar-refractivity contribution >= 4 is 34.0 Å². The summed E-state index contributed by atoms with van der Waals surface area (Å²) in [6.45, 7) is 8.28. The van der Waals surface area contributed by atoms with Gasteiger partial charge >= 0.3 is 0 Å². The minimum atomic E-state index is 0. The van der Waals surface area contributed by atoms with Gasteiger partial charge in [-0.25, -0.2) is 4.99 Å². The number of benzene rings is 2. The lowest BCUT2D eigenvalue weighted by molar-refractivity contribution is 0.340. The van der Waals surface area contributed by atoms with Gasteiger partial charge in [-0.05, 0) is 73.9 Å². The van der Waals surface area contributed by atoms with E-state index in [0.717, 1.165) is 57.7 Å². The van der Waals surface area contributed by atoms with E-state index in [9.17, 15) is 0 Å². The maximum atomic E-state index is 5.58. The van der Waals surface area contributed by atoms with Crippen LogP contribution in [-0.2, 0) is 19.5 Å². The molecule has 3 heterocycles. The zero-order valence-electron chi connectivity index (χ0n) is 19.9. The fraction of sp³-hybridized carbons (Fsp3) is 0.296. The Balaban J connectivity index is 0.00000289. The van der Waals surface area contributed by atoms with Crippen molar-refractivity contribution < 1.29 is 4.74 Å². The normalized spacial score (nSPS) is 13.6. The number of thiazole rings is 1. The van der Waals surface area contributed by atoms with Crippen LogP contribution < -0.4 is 9.54 Å². The maximum absolute atomic E-state index is 5.58. The van der Waals surface area contributed by atoms with Gasteiger partial charge in [0.2, 0.25) is 0 Å². The van der Waals surface area contributed by atoms with Crippen LogP contribution in [0.2, 0.25) is 0 Å². The van der Waals surface area contributed by atoms with E-state index < -0.39 is 0 Å². The minimum Gasteiger partial charge on any atom is -0.494 e. The third-order valence-corrected chi connectivity index (χ3v) is 6.89. The first-order valence-corrected chi connectivity index (χ1v) is 12.7. The van der Waals surface area contributed by atoms with Gasteiger partial charge in [-0.2, -0.15) is 0 Å². The molecule has 0 bridgehead atoms. The molecule has 0 spiro atoms. The summed E-state index contributed by atoms with van der Waals surface area (Å²) in [7, 11) is 0. The summed E-state index contributed by atoms with van der Waals surface area (Å²) in [6, 6.07) is 16.5. The van der Waals surface area contributed by atoms with Crippen molar-refractivity contribution in [1.29, 1.82) is 0 Å². The lowest BCUT2D eigenvalue weighted by Crippen LogP contribution is -2.14. The summed E-state index contributed by atoms with van der Waals surface area (Å²) in [5.74, 6) is 2.94. The third-order valence-electron chi connectivity index (χ3n) is 6.03. The Bertz CT molecular complexity index is 1340. The highest BCUT2D eigenvalue weighted by Gasteiger charge is 2.16. The molecular formula is C27H30BrN5OS. The molecule has 1 aliphatic rings. The molecule has 0 radical (unpaired) electrons. The minimum absolute atomic E-state index is 0. The van der Waals surface area contributed by atoms with Crippen LogP contribution in [0.5, 0.6) is 5.75 Å². The standard InChI is InChI=1S/C27H29N5OS.BrH/c1-3-17-31-24(20-11-15-23(16-12-20)33-4-2)19-34-27(31)28-22-13-9-21(10-14-22)26-30-29-25-8-6-5-7-18-32(25)26;/h3,9-16,19H,1,4-8,17-18H2,2H3;1H. The molecule has 35 heavy (non-hydrogen) atoms. The molecule has 0 N–H and O–H groups in total. The molecule has 0 aliphatic carbocycles. The van der Waals surface area contributed by atoms with Crippen molar-refractivity contribution in [2.45, 2.75) is 45.7 Å². The molecule has 1 aliphatic heterocycles. The summed E-state index contributed by atoms with van der Waals surface area (Å²) in [6.07, 6.45) is 6.55. The molecular weight excluding hydrogens is 522 g/mol. The summed E-state index contributed by atoms with van der Waals surface area (Å²) >= 11 is 1.63. The lowest BCUT2D eigenvalue weighted by atomic mass is 10.1. The molecule has 0 saturated heterocycles. The second-order valence-corrected chi connectivity index (χ2v) is 9.16. The fourth-order valence-corrected chi connectivity index (χ4v) is 5.28. The molecule has 5 rings (SSSR count). The predicted molar refractivity (Wildman–Crippen MR) is 148 cm³/mol. The van der Waals surface area contributed by atoms with Gasteiger partial charge in [-0.15, -0.1) is 45.1 Å². The van der Waals surface area contributed by atoms with Crippen LogP contribution in [0.25, 0.3) is 22.6 Å². The van der Waals surface area contributed by atoms with Crippen LogP contribution >= 0.6 is 28.3 Å². The van der Waals surface area contributed by atoms with Crippen molar-refractivity contribution in [3.8, 4) is 28.4 Å². The summed E-state index contributed by atoms with van der Waals surface area (Å²) < 4.78 is 10.1. The van der Waals surface area contributed by atoms with E-state index in [-0.39, 0.29) is 17.0 Å². The number of rotatable bonds is 7. The Morgan fingerprint density at radius 3 is 2.54 bits per heavy atom. The Labute approximate surface area is 220 Å². The average Bonchev–Trinajstić information content (AvgIpc) is 3.36. The number of allylic oxidation sites excluding steroid dienone is 1. The number of nitrogens with zero attached hydrogens (tertiary/aromatic N) is 5. The maximum Gasteiger partial charge on any atom is 0.190 e. The highest BCUT2D eigenvalue weighted by atomic mass is 79.9. The van der Waals surface area contributed by atoms with Crippen molar-refractivity contribution in [2.24, 2.45) is 4.99 Å². The highest BCUT2D eigenvalue weighted by Crippen LogP contribution is 2.26. The molecule has 4 aromatic rings. The molecule has 182 valence electrons.